The van der Waals surface area contributed by atoms with Gasteiger partial charge in [0.1, 0.15) is 17.1 Å². The van der Waals surface area contributed by atoms with Gasteiger partial charge in [0.2, 0.25) is 5.91 Å². The SMILES string of the molecule is Cc1cccc(OCCCC(=O)N2CCCc3c(-c4cnn(Cc5cccc(OCCCNC(=O)OC(C)(C)C)c5)c4)cccc32)c1C. The molecule has 0 atom stereocenters. The average molecular weight is 653 g/mol. The van der Waals surface area contributed by atoms with Crippen LogP contribution in [0.1, 0.15) is 68.7 Å². The number of hydrogen-bond acceptors (Lipinski definition) is 6. The van der Waals surface area contributed by atoms with Crippen LogP contribution in [0.15, 0.2) is 73.1 Å². The Morgan fingerprint density at radius 3 is 2.58 bits per heavy atom. The van der Waals surface area contributed by atoms with Crippen LogP contribution >= 0.6 is 0 Å². The number of nitrogens with zero attached hydrogens (tertiary/aromatic N) is 3. The van der Waals surface area contributed by atoms with Gasteiger partial charge in [-0.3, -0.25) is 9.48 Å². The van der Waals surface area contributed by atoms with Crippen molar-refractivity contribution in [1.29, 1.82) is 0 Å². The van der Waals surface area contributed by atoms with Crippen LogP contribution in [0.2, 0.25) is 0 Å². The highest BCUT2D eigenvalue weighted by atomic mass is 16.6. The Hall–Kier alpha value is -4.79. The van der Waals surface area contributed by atoms with Crippen molar-refractivity contribution in [1.82, 2.24) is 15.1 Å². The number of aromatic nitrogens is 2. The number of carbonyl (C=O) groups is 2. The molecule has 5 rings (SSSR count). The maximum absolute atomic E-state index is 13.4. The van der Waals surface area contributed by atoms with Crippen LogP contribution in [0.25, 0.3) is 11.1 Å². The average Bonchev–Trinajstić information content (AvgIpc) is 3.51. The zero-order valence-corrected chi connectivity index (χ0v) is 28.9. The number of benzene rings is 3. The summed E-state index contributed by atoms with van der Waals surface area (Å²) in [6.45, 7) is 12.5. The minimum atomic E-state index is -0.517. The van der Waals surface area contributed by atoms with Crippen molar-refractivity contribution in [3.05, 3.63) is 95.3 Å². The van der Waals surface area contributed by atoms with E-state index in [0.717, 1.165) is 58.8 Å². The summed E-state index contributed by atoms with van der Waals surface area (Å²) in [6, 6.07) is 20.3. The molecule has 0 saturated heterocycles. The Balaban J connectivity index is 1.14. The molecule has 0 radical (unpaired) electrons. The molecule has 1 aromatic heterocycles. The Labute approximate surface area is 284 Å². The zero-order chi connectivity index (χ0) is 34.1. The van der Waals surface area contributed by atoms with Crippen molar-refractivity contribution in [2.24, 2.45) is 0 Å². The van der Waals surface area contributed by atoms with E-state index in [4.69, 9.17) is 14.2 Å². The first kappa shape index (κ1) is 34.5. The maximum Gasteiger partial charge on any atom is 0.407 e. The van der Waals surface area contributed by atoms with E-state index in [1.807, 2.05) is 72.9 Å². The smallest absolute Gasteiger partial charge is 0.407 e. The molecule has 254 valence electrons. The Morgan fingerprint density at radius 2 is 1.75 bits per heavy atom. The second-order valence-electron chi connectivity index (χ2n) is 13.3. The Kier molecular flexibility index (Phi) is 11.4. The highest BCUT2D eigenvalue weighted by Crippen LogP contribution is 2.36. The summed E-state index contributed by atoms with van der Waals surface area (Å²) in [4.78, 5) is 27.1. The molecule has 48 heavy (non-hydrogen) atoms. The number of amides is 2. The molecule has 0 aliphatic carbocycles. The molecule has 1 aliphatic heterocycles. The van der Waals surface area contributed by atoms with E-state index in [1.165, 1.54) is 11.1 Å². The van der Waals surface area contributed by atoms with E-state index in [9.17, 15) is 9.59 Å². The molecule has 0 bridgehead atoms. The number of nitrogens with one attached hydrogen (secondary N) is 1. The molecule has 0 unspecified atom stereocenters. The standard InChI is InChI=1S/C39H48N4O5/c1-28-12-6-18-36(29(28)2)47-22-10-19-37(44)43-21-9-16-34-33(15-8-17-35(34)43)31-25-41-42(27-31)26-30-13-7-14-32(24-30)46-23-11-20-40-38(45)48-39(3,4)5/h6-8,12-15,17-18,24-25,27H,9-11,16,19-23,26H2,1-5H3,(H,40,45). The fourth-order valence-corrected chi connectivity index (χ4v) is 5.85. The first-order valence-electron chi connectivity index (χ1n) is 16.9. The van der Waals surface area contributed by atoms with E-state index in [-0.39, 0.29) is 5.91 Å². The van der Waals surface area contributed by atoms with Gasteiger partial charge in [0.15, 0.2) is 0 Å². The third-order valence-electron chi connectivity index (χ3n) is 8.34. The molecule has 1 aliphatic rings. The number of hydrogen-bond donors (Lipinski definition) is 1. The first-order chi connectivity index (χ1) is 23.1. The van der Waals surface area contributed by atoms with Gasteiger partial charge in [0.05, 0.1) is 26.0 Å². The van der Waals surface area contributed by atoms with Crippen molar-refractivity contribution in [2.75, 3.05) is 31.2 Å². The van der Waals surface area contributed by atoms with Crippen molar-refractivity contribution in [3.63, 3.8) is 0 Å². The van der Waals surface area contributed by atoms with E-state index in [0.29, 0.717) is 45.6 Å². The van der Waals surface area contributed by atoms with Crippen LogP contribution in [0.3, 0.4) is 0 Å². The molecular formula is C39H48N4O5. The maximum atomic E-state index is 13.4. The second-order valence-corrected chi connectivity index (χ2v) is 13.3. The fraction of sp³-hybridized carbons (Fsp3) is 0.410. The van der Waals surface area contributed by atoms with Gasteiger partial charge < -0.3 is 24.4 Å². The zero-order valence-electron chi connectivity index (χ0n) is 28.9. The fourth-order valence-electron chi connectivity index (χ4n) is 5.85. The highest BCUT2D eigenvalue weighted by molar-refractivity contribution is 5.96. The van der Waals surface area contributed by atoms with Crippen LogP contribution in [0, 0.1) is 13.8 Å². The minimum Gasteiger partial charge on any atom is -0.494 e. The van der Waals surface area contributed by atoms with Crippen LogP contribution in [-0.4, -0.2) is 53.7 Å². The largest absolute Gasteiger partial charge is 0.494 e. The van der Waals surface area contributed by atoms with Crippen molar-refractivity contribution >= 4 is 17.7 Å². The predicted octanol–water partition coefficient (Wildman–Crippen LogP) is 7.65. The summed E-state index contributed by atoms with van der Waals surface area (Å²) in [5, 5.41) is 7.42. The van der Waals surface area contributed by atoms with Crippen LogP contribution < -0.4 is 19.7 Å². The molecule has 0 saturated carbocycles. The number of anilines is 1. The molecule has 9 heteroatoms. The third kappa shape index (κ3) is 9.40. The van der Waals surface area contributed by atoms with Gasteiger partial charge in [-0.1, -0.05) is 36.4 Å². The number of ether oxygens (including phenoxy) is 3. The highest BCUT2D eigenvalue weighted by Gasteiger charge is 2.25. The number of carbonyl (C=O) groups excluding carboxylic acids is 2. The van der Waals surface area contributed by atoms with Gasteiger partial charge in [-0.15, -0.1) is 0 Å². The van der Waals surface area contributed by atoms with Crippen LogP contribution in [-0.2, 0) is 22.5 Å². The molecule has 0 fully saturated rings. The molecule has 1 N–H and O–H groups in total. The van der Waals surface area contributed by atoms with Crippen LogP contribution in [0.5, 0.6) is 11.5 Å². The molecule has 0 spiro atoms. The molecule has 4 aromatic rings. The second kappa shape index (κ2) is 15.9. The van der Waals surface area contributed by atoms with Crippen molar-refractivity contribution < 1.29 is 23.8 Å². The van der Waals surface area contributed by atoms with E-state index >= 15 is 0 Å². The van der Waals surface area contributed by atoms with Crippen molar-refractivity contribution in [3.8, 4) is 22.6 Å². The molecule has 2 heterocycles. The quantitative estimate of drug-likeness (QED) is 0.149. The summed E-state index contributed by atoms with van der Waals surface area (Å²) in [7, 11) is 0. The van der Waals surface area contributed by atoms with E-state index < -0.39 is 11.7 Å². The van der Waals surface area contributed by atoms with E-state index in [1.54, 1.807) is 0 Å². The molecular weight excluding hydrogens is 604 g/mol. The lowest BCUT2D eigenvalue weighted by Crippen LogP contribution is -2.35. The first-order valence-corrected chi connectivity index (χ1v) is 16.9. The normalized spacial score (nSPS) is 12.7. The number of alkyl carbamates (subject to hydrolysis) is 1. The summed E-state index contributed by atoms with van der Waals surface area (Å²) < 4.78 is 19.1. The van der Waals surface area contributed by atoms with Gasteiger partial charge in [-0.25, -0.2) is 4.79 Å². The summed E-state index contributed by atoms with van der Waals surface area (Å²) in [5.41, 5.74) is 7.25. The van der Waals surface area contributed by atoms with Crippen molar-refractivity contribution in [2.45, 2.75) is 78.9 Å². The Bertz CT molecular complexity index is 1710. The van der Waals surface area contributed by atoms with Gasteiger partial charge in [0, 0.05) is 37.0 Å². The summed E-state index contributed by atoms with van der Waals surface area (Å²) >= 11 is 0. The minimum absolute atomic E-state index is 0.134. The topological polar surface area (TPSA) is 94.9 Å². The van der Waals surface area contributed by atoms with Gasteiger partial charge in [-0.2, -0.15) is 5.10 Å². The number of aryl methyl sites for hydroxylation is 1. The Morgan fingerprint density at radius 1 is 0.958 bits per heavy atom. The van der Waals surface area contributed by atoms with Gasteiger partial charge in [-0.05, 0) is 112 Å². The lowest BCUT2D eigenvalue weighted by atomic mass is 9.93. The van der Waals surface area contributed by atoms with Crippen LogP contribution in [0.4, 0.5) is 10.5 Å². The van der Waals surface area contributed by atoms with E-state index in [2.05, 4.69) is 54.7 Å². The monoisotopic (exact) mass is 652 g/mol. The number of rotatable bonds is 13. The van der Waals surface area contributed by atoms with Gasteiger partial charge in [0.25, 0.3) is 0 Å². The molecule has 9 nitrogen and oxygen atoms in total. The molecule has 2 amide bonds. The predicted molar refractivity (Wildman–Crippen MR) is 189 cm³/mol. The lowest BCUT2D eigenvalue weighted by Gasteiger charge is -2.31. The summed E-state index contributed by atoms with van der Waals surface area (Å²) in [5.74, 6) is 1.80. The lowest BCUT2D eigenvalue weighted by molar-refractivity contribution is -0.118. The molecule has 3 aromatic carbocycles. The number of fused-ring (bicyclic) bond motifs is 1. The summed E-state index contributed by atoms with van der Waals surface area (Å²) in [6.07, 6.45) is 7.17. The third-order valence-corrected chi connectivity index (χ3v) is 8.34. The van der Waals surface area contributed by atoms with Gasteiger partial charge >= 0.3 is 6.09 Å².